The first-order chi connectivity index (χ1) is 31.3. The Kier molecular flexibility index (Phi) is 21.4. The van der Waals surface area contributed by atoms with Crippen molar-refractivity contribution in [2.45, 2.75) is 117 Å². The molecule has 5 aromatic carbocycles. The molecular weight excluding hydrogens is 807 g/mol. The second-order valence-electron chi connectivity index (χ2n) is 16.2. The second kappa shape index (κ2) is 27.9. The molecule has 64 heavy (non-hydrogen) atoms. The monoisotopic (exact) mass is 870 g/mol. The van der Waals surface area contributed by atoms with E-state index < -0.39 is 23.6 Å². The van der Waals surface area contributed by atoms with Gasteiger partial charge in [-0.05, 0) is 95.8 Å². The summed E-state index contributed by atoms with van der Waals surface area (Å²) in [6.45, 7) is 5.45. The lowest BCUT2D eigenvalue weighted by Gasteiger charge is -2.08. The molecular formula is C56H64F2O6. The van der Waals surface area contributed by atoms with Crippen LogP contribution in [0, 0.1) is 11.6 Å². The molecule has 8 heteroatoms. The van der Waals surface area contributed by atoms with E-state index in [0.29, 0.717) is 35.5 Å². The third-order valence-electron chi connectivity index (χ3n) is 10.9. The standard InChI is InChI=1S/C56H64F2O6/c1-3-5-7-9-11-13-15-17-38-61-53-36-30-45(40-51(53)57)24-22-43-26-32-47(33-27-43)55(59)63-49-20-19-21-50(42-49)64-56(60)48-34-28-44(29-35-48)23-25-46-31-37-54(52(58)41-46)62-39-18-16-14-12-10-8-6-4-2/h19-37,40-42H,3-18,38-39H2,1-2H3/b24-22+,25-23+. The molecule has 0 aliphatic heterocycles. The van der Waals surface area contributed by atoms with Crippen molar-refractivity contribution in [2.24, 2.45) is 0 Å². The molecule has 0 amide bonds. The molecule has 0 radical (unpaired) electrons. The lowest BCUT2D eigenvalue weighted by molar-refractivity contribution is 0.0732. The highest BCUT2D eigenvalue weighted by molar-refractivity contribution is 5.92. The smallest absolute Gasteiger partial charge is 0.343 e. The molecule has 0 bridgehead atoms. The Morgan fingerprint density at radius 2 is 0.766 bits per heavy atom. The lowest BCUT2D eigenvalue weighted by atomic mass is 10.1. The number of carbonyl (C=O) groups excluding carboxylic acids is 2. The Bertz CT molecular complexity index is 2070. The van der Waals surface area contributed by atoms with Gasteiger partial charge in [0, 0.05) is 6.07 Å². The number of esters is 2. The van der Waals surface area contributed by atoms with E-state index >= 15 is 0 Å². The Morgan fingerprint density at radius 3 is 1.14 bits per heavy atom. The van der Waals surface area contributed by atoms with Gasteiger partial charge in [-0.25, -0.2) is 18.4 Å². The fourth-order valence-electron chi connectivity index (χ4n) is 7.09. The number of carbonyl (C=O) groups is 2. The van der Waals surface area contributed by atoms with Gasteiger partial charge in [0.25, 0.3) is 0 Å². The van der Waals surface area contributed by atoms with E-state index in [0.717, 1.165) is 36.8 Å². The van der Waals surface area contributed by atoms with Crippen LogP contribution in [0.25, 0.3) is 24.3 Å². The zero-order chi connectivity index (χ0) is 45.2. The molecule has 0 saturated heterocycles. The van der Waals surface area contributed by atoms with Gasteiger partial charge in [0.1, 0.15) is 11.5 Å². The molecule has 338 valence electrons. The van der Waals surface area contributed by atoms with Crippen LogP contribution in [-0.4, -0.2) is 25.2 Å². The van der Waals surface area contributed by atoms with Crippen molar-refractivity contribution >= 4 is 36.2 Å². The molecule has 0 N–H and O–H groups in total. The number of unbranched alkanes of at least 4 members (excludes halogenated alkanes) is 14. The number of hydrogen-bond donors (Lipinski definition) is 0. The molecule has 0 heterocycles. The largest absolute Gasteiger partial charge is 0.491 e. The average Bonchev–Trinajstić information content (AvgIpc) is 3.30. The summed E-state index contributed by atoms with van der Waals surface area (Å²) in [4.78, 5) is 26.0. The third kappa shape index (κ3) is 17.6. The van der Waals surface area contributed by atoms with Gasteiger partial charge in [-0.2, -0.15) is 0 Å². The predicted octanol–water partition coefficient (Wildman–Crippen LogP) is 15.8. The summed E-state index contributed by atoms with van der Waals surface area (Å²) in [6.07, 6.45) is 26.4. The first-order valence-corrected chi connectivity index (χ1v) is 23.3. The van der Waals surface area contributed by atoms with Crippen LogP contribution in [0.15, 0.2) is 109 Å². The van der Waals surface area contributed by atoms with Crippen molar-refractivity contribution in [2.75, 3.05) is 13.2 Å². The van der Waals surface area contributed by atoms with Crippen LogP contribution < -0.4 is 18.9 Å². The van der Waals surface area contributed by atoms with E-state index in [1.807, 2.05) is 24.3 Å². The molecule has 0 spiro atoms. The summed E-state index contributed by atoms with van der Waals surface area (Å²) >= 11 is 0. The molecule has 5 aromatic rings. The minimum atomic E-state index is -0.576. The van der Waals surface area contributed by atoms with Crippen molar-refractivity contribution < 1.29 is 37.3 Å². The average molecular weight is 871 g/mol. The highest BCUT2D eigenvalue weighted by Crippen LogP contribution is 2.25. The van der Waals surface area contributed by atoms with Gasteiger partial charge < -0.3 is 18.9 Å². The maximum absolute atomic E-state index is 14.7. The van der Waals surface area contributed by atoms with E-state index in [2.05, 4.69) is 13.8 Å². The van der Waals surface area contributed by atoms with Crippen LogP contribution in [0.1, 0.15) is 160 Å². The van der Waals surface area contributed by atoms with Crippen LogP contribution in [0.3, 0.4) is 0 Å². The highest BCUT2D eigenvalue weighted by atomic mass is 19.1. The highest BCUT2D eigenvalue weighted by Gasteiger charge is 2.13. The summed E-state index contributed by atoms with van der Waals surface area (Å²) in [5.74, 6) is -1.00. The second-order valence-corrected chi connectivity index (χ2v) is 16.2. The summed E-state index contributed by atoms with van der Waals surface area (Å²) < 4.78 is 52.0. The third-order valence-corrected chi connectivity index (χ3v) is 10.9. The normalized spacial score (nSPS) is 11.3. The Labute approximate surface area is 379 Å². The minimum Gasteiger partial charge on any atom is -0.491 e. The first kappa shape index (κ1) is 49.0. The molecule has 0 unspecified atom stereocenters. The molecule has 0 fully saturated rings. The topological polar surface area (TPSA) is 71.1 Å². The van der Waals surface area contributed by atoms with Gasteiger partial charge in [-0.1, -0.05) is 171 Å². The maximum atomic E-state index is 14.7. The van der Waals surface area contributed by atoms with Gasteiger partial charge in [-0.3, -0.25) is 0 Å². The van der Waals surface area contributed by atoms with E-state index in [1.165, 1.54) is 95.2 Å². The lowest BCUT2D eigenvalue weighted by Crippen LogP contribution is -2.10. The Morgan fingerprint density at radius 1 is 0.422 bits per heavy atom. The van der Waals surface area contributed by atoms with Crippen molar-refractivity contribution in [3.63, 3.8) is 0 Å². The molecule has 6 nitrogen and oxygen atoms in total. The molecule has 0 aliphatic rings. The zero-order valence-corrected chi connectivity index (χ0v) is 37.6. The van der Waals surface area contributed by atoms with Gasteiger partial charge in [0.2, 0.25) is 0 Å². The fraction of sp³-hybridized carbons (Fsp3) is 0.357. The van der Waals surface area contributed by atoms with Gasteiger partial charge in [-0.15, -0.1) is 0 Å². The van der Waals surface area contributed by atoms with Crippen LogP contribution in [0.2, 0.25) is 0 Å². The van der Waals surface area contributed by atoms with Gasteiger partial charge in [0.05, 0.1) is 24.3 Å². The van der Waals surface area contributed by atoms with Crippen molar-refractivity contribution in [3.05, 3.63) is 154 Å². The van der Waals surface area contributed by atoms with Crippen LogP contribution in [0.5, 0.6) is 23.0 Å². The van der Waals surface area contributed by atoms with E-state index in [4.69, 9.17) is 18.9 Å². The van der Waals surface area contributed by atoms with E-state index in [-0.39, 0.29) is 23.0 Å². The molecule has 0 saturated carbocycles. The first-order valence-electron chi connectivity index (χ1n) is 23.3. The number of ether oxygens (including phenoxy) is 4. The van der Waals surface area contributed by atoms with Crippen molar-refractivity contribution in [3.8, 4) is 23.0 Å². The number of halogens is 2. The van der Waals surface area contributed by atoms with Crippen molar-refractivity contribution in [1.82, 2.24) is 0 Å². The summed E-state index contributed by atoms with van der Waals surface area (Å²) in [5.41, 5.74) is 3.69. The van der Waals surface area contributed by atoms with Crippen LogP contribution >= 0.6 is 0 Å². The minimum absolute atomic E-state index is 0.214. The number of rotatable bonds is 28. The molecule has 5 rings (SSSR count). The predicted molar refractivity (Wildman–Crippen MR) is 256 cm³/mol. The fourth-order valence-corrected chi connectivity index (χ4v) is 7.09. The van der Waals surface area contributed by atoms with E-state index in [9.17, 15) is 18.4 Å². The number of benzene rings is 5. The SMILES string of the molecule is CCCCCCCCCCOc1ccc(/C=C/c2ccc(C(=O)Oc3cccc(OC(=O)c4ccc(/C=C/c5ccc(OCCCCCCCCCC)c(F)c5)cc4)c3)cc2)cc1F. The number of hydrogen-bond acceptors (Lipinski definition) is 6. The van der Waals surface area contributed by atoms with Crippen molar-refractivity contribution in [1.29, 1.82) is 0 Å². The summed E-state index contributed by atoms with van der Waals surface area (Å²) in [5, 5.41) is 0. The maximum Gasteiger partial charge on any atom is 0.343 e. The Balaban J connectivity index is 1.03. The van der Waals surface area contributed by atoms with Crippen LogP contribution in [0.4, 0.5) is 8.78 Å². The molecule has 0 atom stereocenters. The summed E-state index contributed by atoms with van der Waals surface area (Å²) in [6, 6.07) is 29.8. The van der Waals surface area contributed by atoms with E-state index in [1.54, 1.807) is 91.0 Å². The van der Waals surface area contributed by atoms with Gasteiger partial charge in [0.15, 0.2) is 23.1 Å². The quantitative estimate of drug-likeness (QED) is 0.0216. The molecule has 0 aromatic heterocycles. The zero-order valence-electron chi connectivity index (χ0n) is 37.6. The molecule has 0 aliphatic carbocycles. The van der Waals surface area contributed by atoms with Gasteiger partial charge >= 0.3 is 11.9 Å². The Hall–Kier alpha value is -6.02. The van der Waals surface area contributed by atoms with Crippen LogP contribution in [-0.2, 0) is 0 Å². The summed E-state index contributed by atoms with van der Waals surface area (Å²) in [7, 11) is 0.